The van der Waals surface area contributed by atoms with Gasteiger partial charge in [0.25, 0.3) is 0 Å². The Morgan fingerprint density at radius 1 is 1.24 bits per heavy atom. The summed E-state index contributed by atoms with van der Waals surface area (Å²) in [6.45, 7) is 8.26. The molecule has 118 valence electrons. The number of hydrogen-bond acceptors (Lipinski definition) is 2. The summed E-state index contributed by atoms with van der Waals surface area (Å²) in [5.41, 5.74) is 2.83. The Morgan fingerprint density at radius 3 is 2.38 bits per heavy atom. The first-order chi connectivity index (χ1) is 9.97. The van der Waals surface area contributed by atoms with E-state index in [1.165, 1.54) is 19.3 Å². The standard InChI is InChI=1S/C16H25NO.2ClH.Zr/c1-5-6-7-8-14(4)17-11-15-12(2)9-10-13(3)16(15)18;;;/h9-11,14,18H,5-8H2,1-4H3;2*1H;/q;;;+2/p-2. The quantitative estimate of drug-likeness (QED) is 0.469. The maximum atomic E-state index is 10.0. The minimum absolute atomic E-state index is 0.330. The number of aliphatic imine (C=N–C) groups is 1. The molecule has 0 fully saturated rings. The van der Waals surface area contributed by atoms with Crippen molar-refractivity contribution in [1.29, 1.82) is 0 Å². The van der Waals surface area contributed by atoms with Gasteiger partial charge in [0.2, 0.25) is 0 Å². The first kappa shape index (κ1) is 21.2. The molecule has 0 aliphatic rings. The van der Waals surface area contributed by atoms with Crippen molar-refractivity contribution in [3.05, 3.63) is 28.8 Å². The van der Waals surface area contributed by atoms with Gasteiger partial charge < -0.3 is 5.11 Å². The second kappa shape index (κ2) is 12.7. The average molecular weight is 410 g/mol. The van der Waals surface area contributed by atoms with Gasteiger partial charge in [0.05, 0.1) is 0 Å². The first-order valence-corrected chi connectivity index (χ1v) is 13.6. The van der Waals surface area contributed by atoms with Crippen molar-refractivity contribution in [2.24, 2.45) is 4.99 Å². The van der Waals surface area contributed by atoms with Crippen LogP contribution < -0.4 is 0 Å². The van der Waals surface area contributed by atoms with E-state index in [2.05, 4.69) is 18.8 Å². The normalized spacial score (nSPS) is 11.9. The van der Waals surface area contributed by atoms with Crippen molar-refractivity contribution in [2.45, 2.75) is 59.4 Å². The number of phenols is 1. The number of halogens is 2. The van der Waals surface area contributed by atoms with E-state index in [0.717, 1.165) is 23.1 Å². The van der Waals surface area contributed by atoms with Gasteiger partial charge >= 0.3 is 37.9 Å². The molecule has 5 heteroatoms. The summed E-state index contributed by atoms with van der Waals surface area (Å²) in [7, 11) is 9.87. The average Bonchev–Trinajstić information content (AvgIpc) is 2.44. The number of phenolic OH excluding ortho intramolecular Hbond substituents is 1. The predicted molar refractivity (Wildman–Crippen MR) is 90.5 cm³/mol. The molecular formula is C16H25Cl2NOZr. The Labute approximate surface area is 147 Å². The van der Waals surface area contributed by atoms with E-state index in [1.807, 2.05) is 32.2 Å². The number of unbranched alkanes of at least 4 members (excludes halogenated alkanes) is 2. The van der Waals surface area contributed by atoms with Crippen LogP contribution in [0.15, 0.2) is 17.1 Å². The molecule has 1 aromatic carbocycles. The topological polar surface area (TPSA) is 32.6 Å². The van der Waals surface area contributed by atoms with Gasteiger partial charge in [-0.3, -0.25) is 4.99 Å². The molecule has 0 heterocycles. The van der Waals surface area contributed by atoms with E-state index in [-0.39, 0.29) is 0 Å². The van der Waals surface area contributed by atoms with Crippen molar-refractivity contribution in [1.82, 2.24) is 0 Å². The van der Waals surface area contributed by atoms with Crippen LogP contribution in [0.4, 0.5) is 0 Å². The molecule has 0 saturated carbocycles. The number of rotatable bonds is 6. The number of aryl methyl sites for hydroxylation is 2. The van der Waals surface area contributed by atoms with Crippen molar-refractivity contribution >= 4 is 23.2 Å². The molecule has 0 aromatic heterocycles. The summed E-state index contributed by atoms with van der Waals surface area (Å²) >= 11 is -0.826. The van der Waals surface area contributed by atoms with E-state index in [4.69, 9.17) is 17.0 Å². The third-order valence-electron chi connectivity index (χ3n) is 3.32. The van der Waals surface area contributed by atoms with E-state index < -0.39 is 20.8 Å². The molecule has 1 unspecified atom stereocenters. The zero-order valence-electron chi connectivity index (χ0n) is 13.3. The van der Waals surface area contributed by atoms with Gasteiger partial charge in [-0.05, 0) is 38.3 Å². The molecule has 0 aliphatic heterocycles. The molecule has 0 spiro atoms. The Hall–Kier alpha value is 0.153. The summed E-state index contributed by atoms with van der Waals surface area (Å²) in [5.74, 6) is 0.361. The molecule has 0 bridgehead atoms. The van der Waals surface area contributed by atoms with Crippen LogP contribution in [0.2, 0.25) is 0 Å². The zero-order chi connectivity index (χ0) is 16.3. The van der Waals surface area contributed by atoms with E-state index in [9.17, 15) is 5.11 Å². The van der Waals surface area contributed by atoms with Crippen LogP contribution in [0.1, 0.15) is 56.2 Å². The summed E-state index contributed by atoms with van der Waals surface area (Å²) in [4.78, 5) is 4.54. The predicted octanol–water partition coefficient (Wildman–Crippen LogP) is 5.77. The van der Waals surface area contributed by atoms with Crippen LogP contribution in [0.3, 0.4) is 0 Å². The Balaban J connectivity index is 0.00000122. The van der Waals surface area contributed by atoms with Gasteiger partial charge in [0.1, 0.15) is 5.75 Å². The Morgan fingerprint density at radius 2 is 1.81 bits per heavy atom. The Bertz CT molecular complexity index is 439. The summed E-state index contributed by atoms with van der Waals surface area (Å²) in [6.07, 6.45) is 6.70. The fourth-order valence-electron chi connectivity index (χ4n) is 1.95. The molecule has 1 N–H and O–H groups in total. The second-order valence-electron chi connectivity index (χ2n) is 5.16. The summed E-state index contributed by atoms with van der Waals surface area (Å²) in [6, 6.07) is 4.29. The van der Waals surface area contributed by atoms with Gasteiger partial charge in [0.15, 0.2) is 0 Å². The molecule has 1 aromatic rings. The summed E-state index contributed by atoms with van der Waals surface area (Å²) < 4.78 is 0. The van der Waals surface area contributed by atoms with E-state index in [1.54, 1.807) is 0 Å². The van der Waals surface area contributed by atoms with Gasteiger partial charge in [0, 0.05) is 17.8 Å². The van der Waals surface area contributed by atoms with Crippen LogP contribution in [0.5, 0.6) is 5.75 Å². The van der Waals surface area contributed by atoms with Crippen LogP contribution in [-0.2, 0) is 20.8 Å². The van der Waals surface area contributed by atoms with Crippen LogP contribution >= 0.6 is 17.0 Å². The van der Waals surface area contributed by atoms with Gasteiger partial charge in [-0.2, -0.15) is 0 Å². The second-order valence-corrected chi connectivity index (χ2v) is 8.89. The number of nitrogens with zero attached hydrogens (tertiary/aromatic N) is 1. The SMILES string of the molecule is CCCCCC(C)N=Cc1c(C)ccc(C)c1O.[Cl][Zr][Cl]. The van der Waals surface area contributed by atoms with Crippen molar-refractivity contribution in [3.63, 3.8) is 0 Å². The molecule has 0 aliphatic carbocycles. The third kappa shape index (κ3) is 9.01. The minimum atomic E-state index is -0.826. The Kier molecular flexibility index (Phi) is 12.8. The molecule has 0 saturated heterocycles. The first-order valence-electron chi connectivity index (χ1n) is 7.26. The van der Waals surface area contributed by atoms with Crippen LogP contribution in [-0.4, -0.2) is 17.4 Å². The van der Waals surface area contributed by atoms with Crippen LogP contribution in [0.25, 0.3) is 0 Å². The molecule has 0 amide bonds. The fourth-order valence-corrected chi connectivity index (χ4v) is 1.95. The zero-order valence-corrected chi connectivity index (χ0v) is 17.3. The number of hydrogen-bond donors (Lipinski definition) is 1. The molecule has 0 radical (unpaired) electrons. The molecule has 21 heavy (non-hydrogen) atoms. The van der Waals surface area contributed by atoms with Crippen molar-refractivity contribution in [2.75, 3.05) is 0 Å². The number of benzene rings is 1. The van der Waals surface area contributed by atoms with E-state index in [0.29, 0.717) is 11.8 Å². The molecule has 1 atom stereocenters. The van der Waals surface area contributed by atoms with Gasteiger partial charge in [-0.25, -0.2) is 0 Å². The van der Waals surface area contributed by atoms with Crippen molar-refractivity contribution in [3.8, 4) is 5.75 Å². The molecular weight excluding hydrogens is 384 g/mol. The molecule has 1 rings (SSSR count). The molecule has 2 nitrogen and oxygen atoms in total. The summed E-state index contributed by atoms with van der Waals surface area (Å²) in [5, 5.41) is 10.0. The van der Waals surface area contributed by atoms with E-state index >= 15 is 0 Å². The fraction of sp³-hybridized carbons (Fsp3) is 0.562. The van der Waals surface area contributed by atoms with Gasteiger partial charge in [-0.1, -0.05) is 38.3 Å². The maximum absolute atomic E-state index is 10.0. The monoisotopic (exact) mass is 407 g/mol. The van der Waals surface area contributed by atoms with Gasteiger partial charge in [-0.15, -0.1) is 0 Å². The van der Waals surface area contributed by atoms with Crippen molar-refractivity contribution < 1.29 is 26.0 Å². The third-order valence-corrected chi connectivity index (χ3v) is 3.32. The van der Waals surface area contributed by atoms with Crippen LogP contribution in [0, 0.1) is 13.8 Å². The number of aromatic hydroxyl groups is 1.